The maximum Gasteiger partial charge on any atom is 0.126 e. The molecular weight excluding hydrogens is 260 g/mol. The number of aryl methyl sites for hydroxylation is 1. The minimum atomic E-state index is 0.336. The molecule has 2 heteroatoms. The molecular formula is C19H24O2. The molecule has 0 spiro atoms. The third-order valence-electron chi connectivity index (χ3n) is 6.12. The van der Waals surface area contributed by atoms with E-state index in [1.165, 1.54) is 49.7 Å². The van der Waals surface area contributed by atoms with Gasteiger partial charge < -0.3 is 9.84 Å². The van der Waals surface area contributed by atoms with Crippen molar-refractivity contribution in [3.63, 3.8) is 0 Å². The molecule has 4 rings (SSSR count). The molecule has 1 aromatic rings. The Morgan fingerprint density at radius 2 is 2.05 bits per heavy atom. The van der Waals surface area contributed by atoms with Crippen molar-refractivity contribution in [1.82, 2.24) is 0 Å². The highest BCUT2D eigenvalue weighted by molar-refractivity contribution is 5.55. The van der Waals surface area contributed by atoms with E-state index in [-0.39, 0.29) is 0 Å². The molecule has 3 aliphatic carbocycles. The Morgan fingerprint density at radius 3 is 2.86 bits per heavy atom. The lowest BCUT2D eigenvalue weighted by Gasteiger charge is -2.41. The van der Waals surface area contributed by atoms with Crippen LogP contribution in [0.3, 0.4) is 0 Å². The normalized spacial score (nSPS) is 30.7. The van der Waals surface area contributed by atoms with Crippen LogP contribution in [0.4, 0.5) is 0 Å². The topological polar surface area (TPSA) is 29.5 Å². The molecule has 0 heterocycles. The largest absolute Gasteiger partial charge is 0.508 e. The van der Waals surface area contributed by atoms with Gasteiger partial charge >= 0.3 is 0 Å². The molecule has 2 unspecified atom stereocenters. The monoisotopic (exact) mass is 284 g/mol. The van der Waals surface area contributed by atoms with Gasteiger partial charge in [-0.2, -0.15) is 0 Å². The van der Waals surface area contributed by atoms with E-state index in [0.717, 1.165) is 12.2 Å². The summed E-state index contributed by atoms with van der Waals surface area (Å²) in [6.07, 6.45) is 8.81. The summed E-state index contributed by atoms with van der Waals surface area (Å²) in [6, 6.07) is 3.73. The van der Waals surface area contributed by atoms with Gasteiger partial charge in [0, 0.05) is 17.5 Å². The fourth-order valence-corrected chi connectivity index (χ4v) is 5.13. The molecule has 0 aromatic heterocycles. The van der Waals surface area contributed by atoms with Crippen LogP contribution in [0.25, 0.3) is 0 Å². The van der Waals surface area contributed by atoms with Gasteiger partial charge in [-0.3, -0.25) is 0 Å². The van der Waals surface area contributed by atoms with Gasteiger partial charge in [-0.05, 0) is 62.0 Å². The zero-order valence-electron chi connectivity index (χ0n) is 13.0. The van der Waals surface area contributed by atoms with E-state index in [1.54, 1.807) is 24.3 Å². The number of phenols is 1. The molecule has 0 saturated heterocycles. The lowest BCUT2D eigenvalue weighted by molar-refractivity contribution is 0.317. The quantitative estimate of drug-likeness (QED) is 0.757. The highest BCUT2D eigenvalue weighted by Crippen LogP contribution is 2.58. The first-order valence-corrected chi connectivity index (χ1v) is 8.24. The van der Waals surface area contributed by atoms with Gasteiger partial charge in [0.05, 0.1) is 7.11 Å². The van der Waals surface area contributed by atoms with Gasteiger partial charge in [-0.25, -0.2) is 0 Å². The number of allylic oxidation sites excluding steroid dienone is 2. The molecule has 21 heavy (non-hydrogen) atoms. The average Bonchev–Trinajstić information content (AvgIpc) is 2.87. The lowest BCUT2D eigenvalue weighted by Crippen LogP contribution is -2.27. The summed E-state index contributed by atoms with van der Waals surface area (Å²) in [5.74, 6) is 1.75. The highest BCUT2D eigenvalue weighted by Gasteiger charge is 2.43. The SMILES string of the molecule is COc1cc(O)cc2c1C1CCC3(C)CCCC3=C1CC2. The number of hydrogen-bond acceptors (Lipinski definition) is 2. The summed E-state index contributed by atoms with van der Waals surface area (Å²) in [6.45, 7) is 2.47. The molecule has 2 nitrogen and oxygen atoms in total. The molecule has 0 radical (unpaired) electrons. The lowest BCUT2D eigenvalue weighted by atomic mass is 9.63. The first-order chi connectivity index (χ1) is 10.1. The Labute approximate surface area is 126 Å². The predicted molar refractivity (Wildman–Crippen MR) is 83.9 cm³/mol. The van der Waals surface area contributed by atoms with Crippen LogP contribution in [-0.2, 0) is 6.42 Å². The van der Waals surface area contributed by atoms with Crippen molar-refractivity contribution in [2.24, 2.45) is 5.41 Å². The van der Waals surface area contributed by atoms with Crippen LogP contribution in [0.15, 0.2) is 23.3 Å². The van der Waals surface area contributed by atoms with Crippen molar-refractivity contribution in [1.29, 1.82) is 0 Å². The predicted octanol–water partition coefficient (Wildman–Crippen LogP) is 4.71. The van der Waals surface area contributed by atoms with Crippen molar-refractivity contribution in [2.45, 2.75) is 57.8 Å². The number of methoxy groups -OCH3 is 1. The van der Waals surface area contributed by atoms with Crippen LogP contribution in [0, 0.1) is 5.41 Å². The zero-order chi connectivity index (χ0) is 14.6. The van der Waals surface area contributed by atoms with Crippen LogP contribution in [-0.4, -0.2) is 12.2 Å². The molecule has 3 aliphatic rings. The number of phenolic OH excluding ortho intramolecular Hbond substituents is 1. The van der Waals surface area contributed by atoms with E-state index in [9.17, 15) is 5.11 Å². The number of benzene rings is 1. The number of fused-ring (bicyclic) bond motifs is 4. The number of hydrogen-bond donors (Lipinski definition) is 1. The summed E-state index contributed by atoms with van der Waals surface area (Å²) >= 11 is 0. The first kappa shape index (κ1) is 13.2. The molecule has 0 aliphatic heterocycles. The van der Waals surface area contributed by atoms with E-state index in [2.05, 4.69) is 6.92 Å². The molecule has 1 fully saturated rings. The highest BCUT2D eigenvalue weighted by atomic mass is 16.5. The fourth-order valence-electron chi connectivity index (χ4n) is 5.13. The number of rotatable bonds is 1. The standard InChI is InChI=1S/C19H24O2/c1-19-8-3-4-16(19)14-6-5-12-10-13(20)11-17(21-2)18(12)15(14)7-9-19/h10-11,15,20H,3-9H2,1-2H3. The summed E-state index contributed by atoms with van der Waals surface area (Å²) in [5, 5.41) is 9.90. The van der Waals surface area contributed by atoms with Gasteiger partial charge in [0.15, 0.2) is 0 Å². The summed E-state index contributed by atoms with van der Waals surface area (Å²) in [4.78, 5) is 0. The van der Waals surface area contributed by atoms with Gasteiger partial charge in [-0.1, -0.05) is 18.1 Å². The second-order valence-corrected chi connectivity index (χ2v) is 7.23. The summed E-state index contributed by atoms with van der Waals surface area (Å²) in [5.41, 5.74) is 6.60. The number of aromatic hydroxyl groups is 1. The van der Waals surface area contributed by atoms with Crippen molar-refractivity contribution in [2.75, 3.05) is 7.11 Å². The fraction of sp³-hybridized carbons (Fsp3) is 0.579. The van der Waals surface area contributed by atoms with Gasteiger partial charge in [0.25, 0.3) is 0 Å². The third-order valence-corrected chi connectivity index (χ3v) is 6.12. The Hall–Kier alpha value is -1.44. The van der Waals surface area contributed by atoms with Crippen LogP contribution in [0.1, 0.15) is 62.5 Å². The zero-order valence-corrected chi connectivity index (χ0v) is 13.0. The smallest absolute Gasteiger partial charge is 0.126 e. The van der Waals surface area contributed by atoms with Gasteiger partial charge in [0.2, 0.25) is 0 Å². The number of ether oxygens (including phenoxy) is 1. The minimum Gasteiger partial charge on any atom is -0.508 e. The van der Waals surface area contributed by atoms with E-state index in [4.69, 9.17) is 4.74 Å². The van der Waals surface area contributed by atoms with E-state index in [1.807, 2.05) is 6.07 Å². The van der Waals surface area contributed by atoms with Crippen molar-refractivity contribution in [3.05, 3.63) is 34.4 Å². The molecule has 0 amide bonds. The Morgan fingerprint density at radius 1 is 1.19 bits per heavy atom. The second-order valence-electron chi connectivity index (χ2n) is 7.23. The maximum absolute atomic E-state index is 9.90. The summed E-state index contributed by atoms with van der Waals surface area (Å²) in [7, 11) is 1.72. The molecule has 1 N–H and O–H groups in total. The van der Waals surface area contributed by atoms with Gasteiger partial charge in [0.1, 0.15) is 11.5 Å². The van der Waals surface area contributed by atoms with Crippen molar-refractivity contribution in [3.8, 4) is 11.5 Å². The van der Waals surface area contributed by atoms with Crippen LogP contribution in [0.2, 0.25) is 0 Å². The van der Waals surface area contributed by atoms with Crippen LogP contribution < -0.4 is 4.74 Å². The Balaban J connectivity index is 1.88. The van der Waals surface area contributed by atoms with Crippen molar-refractivity contribution >= 4 is 0 Å². The third kappa shape index (κ3) is 1.84. The molecule has 2 atom stereocenters. The van der Waals surface area contributed by atoms with Crippen molar-refractivity contribution < 1.29 is 9.84 Å². The molecule has 1 aromatic carbocycles. The molecule has 112 valence electrons. The van der Waals surface area contributed by atoms with Gasteiger partial charge in [-0.15, -0.1) is 0 Å². The molecule has 0 bridgehead atoms. The Bertz CT molecular complexity index is 611. The minimum absolute atomic E-state index is 0.336. The second kappa shape index (κ2) is 4.53. The first-order valence-electron chi connectivity index (χ1n) is 8.24. The average molecular weight is 284 g/mol. The van der Waals surface area contributed by atoms with E-state index >= 15 is 0 Å². The van der Waals surface area contributed by atoms with E-state index in [0.29, 0.717) is 17.1 Å². The summed E-state index contributed by atoms with van der Waals surface area (Å²) < 4.78 is 5.60. The Kier molecular flexibility index (Phi) is 2.85. The van der Waals surface area contributed by atoms with Crippen LogP contribution in [0.5, 0.6) is 11.5 Å². The van der Waals surface area contributed by atoms with Crippen LogP contribution >= 0.6 is 0 Å². The maximum atomic E-state index is 9.90. The van der Waals surface area contributed by atoms with E-state index < -0.39 is 0 Å². The molecule has 1 saturated carbocycles.